The molecule has 4 N–H and O–H groups in total. The molecule has 0 fully saturated rings. The number of amides is 1. The Labute approximate surface area is 110 Å². The van der Waals surface area contributed by atoms with E-state index in [2.05, 4.69) is 0 Å². The molecule has 0 aromatic heterocycles. The molecule has 6 heteroatoms. The highest BCUT2D eigenvalue weighted by Gasteiger charge is 2.41. The maximum atomic E-state index is 11.3. The molecular weight excluding hydrogens is 250 g/mol. The second-order valence-electron chi connectivity index (χ2n) is 4.50. The smallest absolute Gasteiger partial charge is 0.319 e. The molecule has 0 bridgehead atoms. The van der Waals surface area contributed by atoms with Crippen LogP contribution >= 0.6 is 0 Å². The van der Waals surface area contributed by atoms with Crippen LogP contribution in [-0.2, 0) is 9.59 Å². The molecule has 0 saturated carbocycles. The third kappa shape index (κ3) is 3.23. The summed E-state index contributed by atoms with van der Waals surface area (Å²) >= 11 is 0. The number of aliphatic hydroxyl groups excluding tert-OH is 1. The van der Waals surface area contributed by atoms with E-state index < -0.39 is 23.4 Å². The number of methoxy groups -OCH3 is 1. The normalized spacial score (nSPS) is 15.3. The van der Waals surface area contributed by atoms with Gasteiger partial charge in [0, 0.05) is 6.42 Å². The van der Waals surface area contributed by atoms with Crippen molar-refractivity contribution < 1.29 is 24.5 Å². The summed E-state index contributed by atoms with van der Waals surface area (Å²) in [6.07, 6.45) is -1.42. The highest BCUT2D eigenvalue weighted by molar-refractivity contribution is 6.00. The Balaban J connectivity index is 2.97. The molecule has 1 aromatic carbocycles. The molecule has 2 unspecified atom stereocenters. The SMILES string of the molecule is COc1cccc(C(O)CC(C)(C(N)=O)C(=O)O)c1. The van der Waals surface area contributed by atoms with Gasteiger partial charge in [-0.1, -0.05) is 12.1 Å². The predicted molar refractivity (Wildman–Crippen MR) is 67.5 cm³/mol. The molecule has 0 aliphatic rings. The van der Waals surface area contributed by atoms with Crippen LogP contribution in [0.4, 0.5) is 0 Å². The number of ether oxygens (including phenoxy) is 1. The molecular formula is C13H17NO5. The lowest BCUT2D eigenvalue weighted by Crippen LogP contribution is -2.42. The van der Waals surface area contributed by atoms with Gasteiger partial charge in [-0.25, -0.2) is 0 Å². The van der Waals surface area contributed by atoms with Crippen molar-refractivity contribution >= 4 is 11.9 Å². The Morgan fingerprint density at radius 2 is 2.11 bits per heavy atom. The summed E-state index contributed by atoms with van der Waals surface area (Å²) < 4.78 is 5.01. The van der Waals surface area contributed by atoms with Gasteiger partial charge in [-0.05, 0) is 24.6 Å². The van der Waals surface area contributed by atoms with Crippen LogP contribution in [0.3, 0.4) is 0 Å². The van der Waals surface area contributed by atoms with Gasteiger partial charge in [-0.3, -0.25) is 9.59 Å². The number of aliphatic hydroxyl groups is 1. The zero-order valence-corrected chi connectivity index (χ0v) is 10.8. The molecule has 0 aliphatic heterocycles. The first kappa shape index (κ1) is 15.0. The van der Waals surface area contributed by atoms with Crippen LogP contribution in [0, 0.1) is 5.41 Å². The average molecular weight is 267 g/mol. The quantitative estimate of drug-likeness (QED) is 0.657. The Kier molecular flexibility index (Phi) is 4.50. The van der Waals surface area contributed by atoms with E-state index in [0.717, 1.165) is 0 Å². The molecule has 1 amide bonds. The van der Waals surface area contributed by atoms with E-state index in [4.69, 9.17) is 15.6 Å². The third-order valence-electron chi connectivity index (χ3n) is 3.10. The van der Waals surface area contributed by atoms with Crippen molar-refractivity contribution in [3.05, 3.63) is 29.8 Å². The summed E-state index contributed by atoms with van der Waals surface area (Å²) in [6, 6.07) is 6.56. The molecule has 0 aliphatic carbocycles. The minimum atomic E-state index is -1.82. The number of rotatable bonds is 6. The summed E-state index contributed by atoms with van der Waals surface area (Å²) in [7, 11) is 1.48. The average Bonchev–Trinajstić information content (AvgIpc) is 2.38. The number of aliphatic carboxylic acids is 1. The number of nitrogens with two attached hydrogens (primary N) is 1. The highest BCUT2D eigenvalue weighted by Crippen LogP contribution is 2.31. The Morgan fingerprint density at radius 3 is 2.58 bits per heavy atom. The van der Waals surface area contributed by atoms with Crippen LogP contribution in [0.5, 0.6) is 5.75 Å². The fourth-order valence-electron chi connectivity index (χ4n) is 1.65. The molecule has 0 radical (unpaired) electrons. The van der Waals surface area contributed by atoms with Gasteiger partial charge in [0.1, 0.15) is 11.2 Å². The maximum Gasteiger partial charge on any atom is 0.319 e. The first-order valence-electron chi connectivity index (χ1n) is 5.66. The molecule has 0 spiro atoms. The van der Waals surface area contributed by atoms with Crippen LogP contribution in [0.15, 0.2) is 24.3 Å². The van der Waals surface area contributed by atoms with E-state index in [9.17, 15) is 14.7 Å². The molecule has 6 nitrogen and oxygen atoms in total. The van der Waals surface area contributed by atoms with E-state index in [-0.39, 0.29) is 6.42 Å². The lowest BCUT2D eigenvalue weighted by molar-refractivity contribution is -0.155. The number of carbonyl (C=O) groups is 2. The zero-order valence-electron chi connectivity index (χ0n) is 10.8. The van der Waals surface area contributed by atoms with Crippen LogP contribution < -0.4 is 10.5 Å². The number of hydrogen-bond acceptors (Lipinski definition) is 4. The molecule has 1 aromatic rings. The molecule has 0 saturated heterocycles. The summed E-state index contributed by atoms with van der Waals surface area (Å²) in [6.45, 7) is 1.20. The van der Waals surface area contributed by atoms with Gasteiger partial charge in [0.15, 0.2) is 0 Å². The standard InChI is InChI=1S/C13H17NO5/c1-13(11(14)16,12(17)18)7-10(15)8-4-3-5-9(6-8)19-2/h3-6,10,15H,7H2,1-2H3,(H2,14,16)(H,17,18). The fourth-order valence-corrected chi connectivity index (χ4v) is 1.65. The number of carboxylic acid groups (broad SMARTS) is 1. The second kappa shape index (κ2) is 5.71. The molecule has 104 valence electrons. The summed E-state index contributed by atoms with van der Waals surface area (Å²) in [4.78, 5) is 22.4. The van der Waals surface area contributed by atoms with Crippen molar-refractivity contribution in [3.63, 3.8) is 0 Å². The Bertz CT molecular complexity index is 472. The van der Waals surface area contributed by atoms with E-state index in [1.807, 2.05) is 0 Å². The molecule has 0 heterocycles. The van der Waals surface area contributed by atoms with Crippen molar-refractivity contribution in [2.75, 3.05) is 7.11 Å². The van der Waals surface area contributed by atoms with E-state index in [0.29, 0.717) is 11.3 Å². The molecule has 2 atom stereocenters. The van der Waals surface area contributed by atoms with E-state index in [1.165, 1.54) is 14.0 Å². The number of hydrogen-bond donors (Lipinski definition) is 3. The lowest BCUT2D eigenvalue weighted by atomic mass is 9.82. The monoisotopic (exact) mass is 267 g/mol. The molecule has 1 rings (SSSR count). The second-order valence-corrected chi connectivity index (χ2v) is 4.50. The largest absolute Gasteiger partial charge is 0.497 e. The number of carbonyl (C=O) groups excluding carboxylic acids is 1. The van der Waals surface area contributed by atoms with Crippen LogP contribution in [0.1, 0.15) is 25.0 Å². The summed E-state index contributed by atoms with van der Waals surface area (Å²) in [5.74, 6) is -1.81. The third-order valence-corrected chi connectivity index (χ3v) is 3.10. The van der Waals surface area contributed by atoms with Crippen molar-refractivity contribution in [3.8, 4) is 5.75 Å². The maximum absolute atomic E-state index is 11.3. The van der Waals surface area contributed by atoms with Gasteiger partial charge in [0.25, 0.3) is 0 Å². The fraction of sp³-hybridized carbons (Fsp3) is 0.385. The van der Waals surface area contributed by atoms with Crippen molar-refractivity contribution in [1.82, 2.24) is 0 Å². The first-order chi connectivity index (χ1) is 8.81. The first-order valence-corrected chi connectivity index (χ1v) is 5.66. The van der Waals surface area contributed by atoms with Gasteiger partial charge >= 0.3 is 5.97 Å². The number of primary amides is 1. The predicted octanol–water partition coefficient (Wildman–Crippen LogP) is 0.695. The van der Waals surface area contributed by atoms with Gasteiger partial charge in [0.05, 0.1) is 13.2 Å². The van der Waals surface area contributed by atoms with E-state index in [1.54, 1.807) is 24.3 Å². The molecule has 19 heavy (non-hydrogen) atoms. The Hall–Kier alpha value is -2.08. The van der Waals surface area contributed by atoms with Gasteiger partial charge < -0.3 is 20.7 Å². The van der Waals surface area contributed by atoms with Gasteiger partial charge in [0.2, 0.25) is 5.91 Å². The summed E-state index contributed by atoms with van der Waals surface area (Å²) in [5, 5.41) is 19.1. The van der Waals surface area contributed by atoms with Crippen molar-refractivity contribution in [2.24, 2.45) is 11.1 Å². The van der Waals surface area contributed by atoms with Crippen LogP contribution in [-0.4, -0.2) is 29.2 Å². The van der Waals surface area contributed by atoms with Crippen molar-refractivity contribution in [2.45, 2.75) is 19.4 Å². The van der Waals surface area contributed by atoms with E-state index >= 15 is 0 Å². The summed E-state index contributed by atoms with van der Waals surface area (Å²) in [5.41, 5.74) is 3.75. The lowest BCUT2D eigenvalue weighted by Gasteiger charge is -2.24. The number of benzene rings is 1. The van der Waals surface area contributed by atoms with Crippen LogP contribution in [0.25, 0.3) is 0 Å². The Morgan fingerprint density at radius 1 is 1.47 bits per heavy atom. The highest BCUT2D eigenvalue weighted by atomic mass is 16.5. The van der Waals surface area contributed by atoms with Gasteiger partial charge in [-0.2, -0.15) is 0 Å². The number of carboxylic acids is 1. The van der Waals surface area contributed by atoms with Crippen LogP contribution in [0.2, 0.25) is 0 Å². The minimum Gasteiger partial charge on any atom is -0.497 e. The minimum absolute atomic E-state index is 0.301. The van der Waals surface area contributed by atoms with Crippen molar-refractivity contribution in [1.29, 1.82) is 0 Å². The zero-order chi connectivity index (χ0) is 14.6. The topological polar surface area (TPSA) is 110 Å². The van der Waals surface area contributed by atoms with Gasteiger partial charge in [-0.15, -0.1) is 0 Å².